The second-order valence-electron chi connectivity index (χ2n) is 50.6. The van der Waals surface area contributed by atoms with E-state index in [1.54, 1.807) is 7.11 Å². The Hall–Kier alpha value is -4.53. The number of hydrogen-bond donors (Lipinski definition) is 5. The van der Waals surface area contributed by atoms with E-state index >= 15 is 0 Å². The molecule has 0 bridgehead atoms. The van der Waals surface area contributed by atoms with Crippen LogP contribution in [0, 0.1) is 121 Å². The molecular weight excluding hydrogens is 1680 g/mol. The largest absolute Gasteiger partial charge is 0.464 e. The lowest BCUT2D eigenvalue weighted by Crippen LogP contribution is -2.45. The fourth-order valence-corrected chi connectivity index (χ4v) is 23.6. The molecule has 4 aliphatic heterocycles. The van der Waals surface area contributed by atoms with Crippen LogP contribution in [0.5, 0.6) is 0 Å². The second kappa shape index (κ2) is 58.8. The molecule has 778 valence electrons. The summed E-state index contributed by atoms with van der Waals surface area (Å²) in [5.41, 5.74) is 2.60. The molecular formula is C112H207N9O13. The predicted molar refractivity (Wildman–Crippen MR) is 546 cm³/mol. The van der Waals surface area contributed by atoms with E-state index in [4.69, 9.17) is 28.9 Å². The molecule has 4 heterocycles. The first kappa shape index (κ1) is 118. The van der Waals surface area contributed by atoms with Crippen molar-refractivity contribution in [2.24, 2.45) is 109 Å². The van der Waals surface area contributed by atoms with Crippen molar-refractivity contribution in [3.63, 3.8) is 0 Å². The number of β-amino-alcohol motifs (C(OH)–C–C–N with tert-alkyl or cyclic N) is 1. The first-order chi connectivity index (χ1) is 63.0. The molecule has 1 unspecified atom stereocenters. The molecule has 134 heavy (non-hydrogen) atoms. The molecule has 0 aromatic rings. The first-order valence-electron chi connectivity index (χ1n) is 54.8. The first-order valence-corrected chi connectivity index (χ1v) is 54.8. The Labute approximate surface area is 819 Å². The molecule has 13 fully saturated rings. The van der Waals surface area contributed by atoms with Gasteiger partial charge in [-0.2, -0.15) is 5.26 Å². The highest BCUT2D eigenvalue weighted by molar-refractivity contribution is 5.76. The molecule has 22 heteroatoms. The Morgan fingerprint density at radius 3 is 1.23 bits per heavy atom. The minimum absolute atomic E-state index is 0.0552. The van der Waals surface area contributed by atoms with Gasteiger partial charge in [-0.25, -0.2) is 14.4 Å². The number of esters is 2. The van der Waals surface area contributed by atoms with Gasteiger partial charge in [-0.05, 0) is 348 Å². The lowest BCUT2D eigenvalue weighted by Gasteiger charge is -2.42. The quantitative estimate of drug-likeness (QED) is 0.0431. The molecule has 9 aliphatic carbocycles. The number of amides is 5. The van der Waals surface area contributed by atoms with E-state index in [0.717, 1.165) is 214 Å². The van der Waals surface area contributed by atoms with Crippen molar-refractivity contribution < 1.29 is 62.3 Å². The van der Waals surface area contributed by atoms with Crippen LogP contribution >= 0.6 is 0 Å². The van der Waals surface area contributed by atoms with Gasteiger partial charge in [0.05, 0.1) is 51.6 Å². The van der Waals surface area contributed by atoms with E-state index in [0.29, 0.717) is 101 Å². The number of carbonyl (C=O) groups is 6. The summed E-state index contributed by atoms with van der Waals surface area (Å²) in [6.07, 6.45) is 45.8. The van der Waals surface area contributed by atoms with Crippen molar-refractivity contribution in [2.75, 3.05) is 106 Å². The lowest BCUT2D eigenvalue weighted by atomic mass is 9.69. The van der Waals surface area contributed by atoms with Gasteiger partial charge in [0.15, 0.2) is 0 Å². The zero-order valence-corrected chi connectivity index (χ0v) is 90.7. The average molecular weight is 1890 g/mol. The monoisotopic (exact) mass is 1890 g/mol. The number of nitrogens with zero attached hydrogens (tertiary/aromatic N) is 5. The summed E-state index contributed by atoms with van der Waals surface area (Å²) in [6.45, 7) is 64.9. The molecule has 13 rings (SSSR count). The predicted octanol–water partition coefficient (Wildman–Crippen LogP) is 24.0. The third-order valence-corrected chi connectivity index (χ3v) is 33.8. The molecule has 0 aromatic carbocycles. The molecule has 4 saturated heterocycles. The number of methoxy groups -OCH3 is 2. The van der Waals surface area contributed by atoms with Gasteiger partial charge in [0, 0.05) is 116 Å². The minimum atomic E-state index is -0.297. The zero-order chi connectivity index (χ0) is 99.2. The van der Waals surface area contributed by atoms with Gasteiger partial charge in [-0.15, -0.1) is 0 Å². The van der Waals surface area contributed by atoms with Crippen LogP contribution in [0.3, 0.4) is 0 Å². The van der Waals surface area contributed by atoms with Gasteiger partial charge < -0.3 is 59.7 Å². The van der Waals surface area contributed by atoms with Gasteiger partial charge in [-0.1, -0.05) is 152 Å². The number of alkyl carbamates (subject to hydrolysis) is 2. The van der Waals surface area contributed by atoms with Crippen LogP contribution in [0.1, 0.15) is 410 Å². The summed E-state index contributed by atoms with van der Waals surface area (Å²) in [6, 6.07) is 6.11. The van der Waals surface area contributed by atoms with Crippen molar-refractivity contribution in [3.05, 3.63) is 0 Å². The van der Waals surface area contributed by atoms with Crippen LogP contribution in [0.15, 0.2) is 0 Å². The number of aliphatic hydroxyl groups is 1. The maximum Gasteiger partial charge on any atom is 0.407 e. The number of ether oxygens (including phenoxy) is 6. The summed E-state index contributed by atoms with van der Waals surface area (Å²) in [4.78, 5) is 77.9. The van der Waals surface area contributed by atoms with E-state index in [9.17, 15) is 33.9 Å². The van der Waals surface area contributed by atoms with Gasteiger partial charge in [0.1, 0.15) is 12.7 Å². The van der Waals surface area contributed by atoms with E-state index in [2.05, 4.69) is 199 Å². The van der Waals surface area contributed by atoms with Gasteiger partial charge in [-0.3, -0.25) is 29.1 Å². The molecule has 22 nitrogen and oxygen atoms in total. The number of hydrogen-bond acceptors (Lipinski definition) is 17. The molecule has 0 aromatic heterocycles. The van der Waals surface area contributed by atoms with Crippen molar-refractivity contribution >= 4 is 36.1 Å². The molecule has 0 spiro atoms. The molecule has 5 N–H and O–H groups in total. The maximum atomic E-state index is 11.7. The van der Waals surface area contributed by atoms with E-state index in [1.807, 2.05) is 4.90 Å². The number of aliphatic hydroxyl groups excluding tert-OH is 1. The second-order valence-corrected chi connectivity index (χ2v) is 50.6. The van der Waals surface area contributed by atoms with E-state index in [-0.39, 0.29) is 54.9 Å². The number of carbonyl (C=O) groups excluding carboxylic acids is 6. The van der Waals surface area contributed by atoms with Crippen LogP contribution in [-0.2, 0) is 42.8 Å². The Morgan fingerprint density at radius 1 is 0.455 bits per heavy atom. The van der Waals surface area contributed by atoms with Gasteiger partial charge in [0.25, 0.3) is 0 Å². The SMILES string of the molecule is CC(=O)NCCOC(=O)CC1CCC(C(C)(C)C)CC1.CC(C)(C)C1CCC(N2CCC(O)C2)CC1.CC(C)(C)C1CCC(N2CCNC2=O)CC1.CC(C)(C)C1CCC(N2CCOCC2)CC1.CC(C)(C)C1CCC(NC(=O)OCC2CC2)CC1.CC(C)C1CCC(N2CC[C@@H](C#N)C2)CC1.COC(=O)NC1CCC(C(C)(C)C)CC1.COCCCC(=O)OC1CCC(C(C)C)CC1. The summed E-state index contributed by atoms with van der Waals surface area (Å²) < 4.78 is 30.8. The van der Waals surface area contributed by atoms with Crippen molar-refractivity contribution in [1.82, 2.24) is 40.9 Å². The number of rotatable bonds is 20. The van der Waals surface area contributed by atoms with Crippen molar-refractivity contribution in [2.45, 2.75) is 458 Å². The molecule has 5 amide bonds. The third-order valence-electron chi connectivity index (χ3n) is 33.8. The highest BCUT2D eigenvalue weighted by atomic mass is 16.6. The van der Waals surface area contributed by atoms with Crippen LogP contribution < -0.4 is 21.3 Å². The number of morpholine rings is 1. The molecule has 9 saturated carbocycles. The van der Waals surface area contributed by atoms with Gasteiger partial charge >= 0.3 is 30.2 Å². The maximum absolute atomic E-state index is 11.7. The van der Waals surface area contributed by atoms with Crippen LogP contribution in [-0.4, -0.2) is 215 Å². The Balaban J connectivity index is 0.000000236. The lowest BCUT2D eigenvalue weighted by molar-refractivity contribution is -0.151. The number of likely N-dealkylation sites (tertiary alicyclic amines) is 2. The number of urea groups is 1. The van der Waals surface area contributed by atoms with E-state index < -0.39 is 0 Å². The normalized spacial score (nSPS) is 30.3. The highest BCUT2D eigenvalue weighted by Crippen LogP contribution is 2.46. The molecule has 2 atom stereocenters. The molecule has 0 radical (unpaired) electrons. The fourth-order valence-electron chi connectivity index (χ4n) is 23.6. The van der Waals surface area contributed by atoms with Gasteiger partial charge in [0.2, 0.25) is 5.91 Å². The summed E-state index contributed by atoms with van der Waals surface area (Å²) in [5, 5.41) is 29.9. The molecule has 13 aliphatic rings. The Kier molecular flexibility index (Phi) is 51.8. The van der Waals surface area contributed by atoms with Crippen LogP contribution in [0.2, 0.25) is 0 Å². The standard InChI is InChI=1S/C16H29NO3.C15H27NO2.C14H24N2.2C14H27NO.C14H26O3.C13H24N2O.C12H23NO2/c1-12(18)17-9-10-20-15(19)11-13-5-7-14(8-6-13)16(2,3)4;1-15(2,3)12-6-8-13(9-7-12)16-14(17)18-10-11-4-5-11;1-11(2)13-3-5-14(6-4-13)16-8-7-12(9-15)10-16;1-14(2,3)12-4-6-13(7-5-12)15-8-10-16-11-9-15;1-14(2,3)11-4-6-12(7-5-11)15-9-8-13(16)10-15;1-11(2)12-6-8-13(9-7-12)17-14(15)5-4-10-16-3;1-13(2,3)10-4-6-11(7-5-10)15-9-8-14-12(15)16;1-12(2,3)9-5-7-10(8-6-9)13-11(14)15-4/h13-14H,5-11H2,1-4H3,(H,17,18);11-13H,4-10H2,1-3H3,(H,16,17);11-14H,3-8,10H2,1-2H3;12-13H,4-11H2,1-3H3;11-13,16H,4-10H2,1-3H3;11-13H,4-10H2,1-3H3;10-11H,4-9H2,1-3H3,(H,14,16);9-10H,5-8H2,1-4H3,(H,13,14)/t;;12-,13?,14?;;;;;/m..0...../s1. The van der Waals surface area contributed by atoms with Crippen LogP contribution in [0.25, 0.3) is 0 Å². The van der Waals surface area contributed by atoms with Crippen molar-refractivity contribution in [1.29, 1.82) is 5.26 Å². The summed E-state index contributed by atoms with van der Waals surface area (Å²) in [7, 11) is 3.06. The van der Waals surface area contributed by atoms with Crippen LogP contribution in [0.4, 0.5) is 14.4 Å². The summed E-state index contributed by atoms with van der Waals surface area (Å²) in [5.74, 6) is 9.53. The number of nitrogens with one attached hydrogen (secondary N) is 4. The van der Waals surface area contributed by atoms with E-state index in [1.165, 1.54) is 181 Å². The number of nitriles is 1. The minimum Gasteiger partial charge on any atom is -0.464 e. The van der Waals surface area contributed by atoms with Crippen molar-refractivity contribution in [3.8, 4) is 6.07 Å². The smallest absolute Gasteiger partial charge is 0.407 e. The third kappa shape index (κ3) is 45.6. The Morgan fingerprint density at radius 2 is 0.851 bits per heavy atom. The average Bonchev–Trinajstić information content (AvgIpc) is 1.61. The Bertz CT molecular complexity index is 3250. The zero-order valence-electron chi connectivity index (χ0n) is 90.7. The summed E-state index contributed by atoms with van der Waals surface area (Å²) >= 11 is 0. The fraction of sp³-hybridized carbons (Fsp3) is 0.938. The topological polar surface area (TPSA) is 263 Å². The highest BCUT2D eigenvalue weighted by Gasteiger charge is 2.41.